The van der Waals surface area contributed by atoms with Crippen molar-refractivity contribution < 1.29 is 18.7 Å². The Balaban J connectivity index is 1.37. The van der Waals surface area contributed by atoms with Gasteiger partial charge in [-0.1, -0.05) is 18.7 Å². The quantitative estimate of drug-likeness (QED) is 0.310. The topological polar surface area (TPSA) is 113 Å². The van der Waals surface area contributed by atoms with Crippen LogP contribution in [0.5, 0.6) is 0 Å². The highest BCUT2D eigenvalue weighted by Crippen LogP contribution is 2.24. The van der Waals surface area contributed by atoms with E-state index in [4.69, 9.17) is 15.6 Å². The molecule has 0 radical (unpaired) electrons. The summed E-state index contributed by atoms with van der Waals surface area (Å²) in [6.07, 6.45) is 8.10. The van der Waals surface area contributed by atoms with Gasteiger partial charge >= 0.3 is 6.03 Å². The van der Waals surface area contributed by atoms with E-state index in [0.29, 0.717) is 70.2 Å². The van der Waals surface area contributed by atoms with Crippen molar-refractivity contribution in [3.8, 4) is 0 Å². The van der Waals surface area contributed by atoms with Crippen molar-refractivity contribution in [3.05, 3.63) is 70.7 Å². The zero-order chi connectivity index (χ0) is 27.2. The molecule has 3 aliphatic rings. The fraction of sp³-hybridized carbons (Fsp3) is 0.429. The summed E-state index contributed by atoms with van der Waals surface area (Å²) in [6.45, 7) is 9.25. The third kappa shape index (κ3) is 6.36. The van der Waals surface area contributed by atoms with Gasteiger partial charge in [-0.2, -0.15) is 0 Å². The van der Waals surface area contributed by atoms with Crippen molar-refractivity contribution in [3.63, 3.8) is 0 Å². The second-order valence-corrected chi connectivity index (χ2v) is 9.75. The van der Waals surface area contributed by atoms with Crippen LogP contribution in [0.4, 0.5) is 9.18 Å². The maximum Gasteiger partial charge on any atom is 0.320 e. The normalized spacial score (nSPS) is 18.4. The lowest BCUT2D eigenvalue weighted by Gasteiger charge is -2.35. The molecule has 2 saturated heterocycles. The summed E-state index contributed by atoms with van der Waals surface area (Å²) < 4.78 is 20.1. The number of fused-ring (bicyclic) bond motifs is 1. The lowest BCUT2D eigenvalue weighted by Crippen LogP contribution is -2.49. The minimum absolute atomic E-state index is 0.0682. The first-order chi connectivity index (χ1) is 18.2. The highest BCUT2D eigenvalue weighted by molar-refractivity contribution is 6.06. The molecule has 3 aliphatic heterocycles. The molecule has 1 aromatic carbocycles. The number of rotatable bonds is 5. The molecule has 0 atom stereocenters. The van der Waals surface area contributed by atoms with Gasteiger partial charge in [0, 0.05) is 44.8 Å². The van der Waals surface area contributed by atoms with Gasteiger partial charge in [-0.25, -0.2) is 9.18 Å². The van der Waals surface area contributed by atoms with Crippen LogP contribution in [0, 0.1) is 16.6 Å². The summed E-state index contributed by atoms with van der Waals surface area (Å²) in [5.74, 6) is -0.493. The molecule has 3 N–H and O–H groups in total. The Morgan fingerprint density at radius 2 is 1.84 bits per heavy atom. The molecular weight excluding hydrogens is 487 g/mol. The van der Waals surface area contributed by atoms with E-state index in [1.54, 1.807) is 39.9 Å². The third-order valence-corrected chi connectivity index (χ3v) is 7.03. The number of amidine groups is 2. The summed E-state index contributed by atoms with van der Waals surface area (Å²) in [4.78, 5) is 30.9. The van der Waals surface area contributed by atoms with Crippen molar-refractivity contribution in [2.45, 2.75) is 39.2 Å². The van der Waals surface area contributed by atoms with Crippen LogP contribution in [-0.2, 0) is 17.7 Å². The highest BCUT2D eigenvalue weighted by Gasteiger charge is 2.28. The fourth-order valence-electron chi connectivity index (χ4n) is 4.81. The van der Waals surface area contributed by atoms with Gasteiger partial charge in [0.15, 0.2) is 0 Å². The maximum absolute atomic E-state index is 14.8. The molecule has 0 aliphatic carbocycles. The predicted molar refractivity (Wildman–Crippen MR) is 144 cm³/mol. The monoisotopic (exact) mass is 522 g/mol. The molecule has 10 heteroatoms. The molecule has 202 valence electrons. The van der Waals surface area contributed by atoms with Crippen LogP contribution in [0.15, 0.2) is 48.2 Å². The van der Waals surface area contributed by atoms with E-state index < -0.39 is 11.7 Å². The Bertz CT molecular complexity index is 1200. The predicted octanol–water partition coefficient (Wildman–Crippen LogP) is 3.82. The van der Waals surface area contributed by atoms with Crippen LogP contribution >= 0.6 is 0 Å². The number of piperidine rings is 1. The summed E-state index contributed by atoms with van der Waals surface area (Å²) >= 11 is 0. The van der Waals surface area contributed by atoms with Gasteiger partial charge in [0.05, 0.1) is 18.8 Å². The second-order valence-electron chi connectivity index (χ2n) is 9.75. The molecular formula is C28H35FN6O3. The molecule has 4 rings (SSSR count). The third-order valence-electron chi connectivity index (χ3n) is 7.03. The molecule has 0 aromatic heterocycles. The molecule has 0 spiro atoms. The van der Waals surface area contributed by atoms with Gasteiger partial charge < -0.3 is 24.8 Å². The van der Waals surface area contributed by atoms with Gasteiger partial charge in [-0.15, -0.1) is 0 Å². The van der Waals surface area contributed by atoms with Gasteiger partial charge in [0.2, 0.25) is 0 Å². The zero-order valence-electron chi connectivity index (χ0n) is 21.8. The lowest BCUT2D eigenvalue weighted by atomic mass is 9.96. The number of hydrogen-bond donors (Lipinski definition) is 3. The highest BCUT2D eigenvalue weighted by atomic mass is 19.1. The zero-order valence-corrected chi connectivity index (χ0v) is 21.8. The number of hydrogen-bond acceptors (Lipinski definition) is 5. The van der Waals surface area contributed by atoms with Gasteiger partial charge in [0.1, 0.15) is 17.5 Å². The molecule has 38 heavy (non-hydrogen) atoms. The summed E-state index contributed by atoms with van der Waals surface area (Å²) in [6, 6.07) is 2.84. The number of urea groups is 1. The van der Waals surface area contributed by atoms with E-state index >= 15 is 0 Å². The molecule has 0 saturated carbocycles. The average molecular weight is 523 g/mol. The minimum atomic E-state index is -0.619. The van der Waals surface area contributed by atoms with Gasteiger partial charge in [0.25, 0.3) is 5.91 Å². The Labute approximate surface area is 222 Å². The van der Waals surface area contributed by atoms with Crippen LogP contribution < -0.4 is 5.32 Å². The smallest absolute Gasteiger partial charge is 0.320 e. The molecule has 0 unspecified atom stereocenters. The summed E-state index contributed by atoms with van der Waals surface area (Å²) in [5.41, 5.74) is 2.41. The number of carbonyl (C=O) groups excluding carboxylic acids is 2. The van der Waals surface area contributed by atoms with Crippen molar-refractivity contribution in [2.75, 3.05) is 39.4 Å². The first-order valence-corrected chi connectivity index (χ1v) is 13.0. The minimum Gasteiger partial charge on any atom is -0.378 e. The number of likely N-dealkylation sites (tertiary alicyclic amines) is 1. The van der Waals surface area contributed by atoms with Crippen molar-refractivity contribution in [1.82, 2.24) is 20.0 Å². The molecule has 3 amide bonds. The van der Waals surface area contributed by atoms with Crippen LogP contribution in [0.3, 0.4) is 0 Å². The van der Waals surface area contributed by atoms with Crippen LogP contribution in [0.1, 0.15) is 47.7 Å². The Hall–Kier alpha value is -3.79. The lowest BCUT2D eigenvalue weighted by molar-refractivity contribution is 0.0421. The summed E-state index contributed by atoms with van der Waals surface area (Å²) in [7, 11) is 0. The van der Waals surface area contributed by atoms with Crippen molar-refractivity contribution in [2.24, 2.45) is 0 Å². The number of allylic oxidation sites excluding steroid dienone is 3. The van der Waals surface area contributed by atoms with Gasteiger partial charge in [-0.3, -0.25) is 15.6 Å². The second kappa shape index (κ2) is 12.2. The van der Waals surface area contributed by atoms with Crippen LogP contribution in [0.2, 0.25) is 0 Å². The van der Waals surface area contributed by atoms with E-state index in [1.807, 2.05) is 0 Å². The molecule has 2 fully saturated rings. The maximum atomic E-state index is 14.8. The van der Waals surface area contributed by atoms with Gasteiger partial charge in [-0.05, 0) is 61.1 Å². The number of ether oxygens (including phenoxy) is 1. The van der Waals surface area contributed by atoms with E-state index in [9.17, 15) is 14.0 Å². The standard InChI is InChI=1S/C28H35FN6O3/c1-19(26(31)35-10-4-3-8-25(35)30)6-5-7-20(2)32-27(36)23-16-22-18-34(11-9-21(22)17-24(23)29)28(37)33-12-14-38-15-13-33/h5-7,16-17,30-31H,2-4,8-15,18H2,1H3,(H,32,36)/b7-5-,19-6+,30-25?,31-26?. The summed E-state index contributed by atoms with van der Waals surface area (Å²) in [5, 5.41) is 19.0. The van der Waals surface area contributed by atoms with Crippen LogP contribution in [-0.4, -0.2) is 77.7 Å². The van der Waals surface area contributed by atoms with E-state index in [0.717, 1.165) is 24.0 Å². The first kappa shape index (κ1) is 27.3. The molecule has 9 nitrogen and oxygen atoms in total. The van der Waals surface area contributed by atoms with Crippen LogP contribution in [0.25, 0.3) is 0 Å². The number of carbonyl (C=O) groups is 2. The number of nitrogens with zero attached hydrogens (tertiary/aromatic N) is 3. The molecule has 1 aromatic rings. The van der Waals surface area contributed by atoms with E-state index in [2.05, 4.69) is 11.9 Å². The number of amides is 3. The number of nitrogens with one attached hydrogen (secondary N) is 3. The average Bonchev–Trinajstić information content (AvgIpc) is 2.92. The number of morpholine rings is 1. The van der Waals surface area contributed by atoms with Crippen molar-refractivity contribution >= 4 is 23.6 Å². The molecule has 3 heterocycles. The Kier molecular flexibility index (Phi) is 8.73. The Morgan fingerprint density at radius 1 is 1.08 bits per heavy atom. The Morgan fingerprint density at radius 3 is 2.58 bits per heavy atom. The van der Waals surface area contributed by atoms with E-state index in [-0.39, 0.29) is 23.1 Å². The molecule has 0 bridgehead atoms. The first-order valence-electron chi connectivity index (χ1n) is 13.0. The van der Waals surface area contributed by atoms with Crippen molar-refractivity contribution in [1.29, 1.82) is 10.8 Å². The largest absolute Gasteiger partial charge is 0.378 e. The fourth-order valence-corrected chi connectivity index (χ4v) is 4.81. The number of halogens is 1. The number of benzene rings is 1. The SMILES string of the molecule is C=C(/C=C\C=C(/C)C(=N)N1CCCCC1=N)NC(=O)c1cc2c(cc1F)CCN(C(=O)N1CCOCC1)C2. The van der Waals surface area contributed by atoms with E-state index in [1.165, 1.54) is 12.1 Å².